The maximum atomic E-state index is 10.3. The summed E-state index contributed by atoms with van der Waals surface area (Å²) in [6, 6.07) is 9.68. The maximum Gasteiger partial charge on any atom is 0.142 e. The van der Waals surface area contributed by atoms with Crippen LogP contribution in [-0.4, -0.2) is 17.2 Å². The molecule has 0 spiro atoms. The zero-order valence-electron chi connectivity index (χ0n) is 10.0. The predicted octanol–water partition coefficient (Wildman–Crippen LogP) is 3.13. The van der Waals surface area contributed by atoms with Crippen molar-refractivity contribution in [3.8, 4) is 5.75 Å². The summed E-state index contributed by atoms with van der Waals surface area (Å²) in [5.74, 6) is 0.611. The van der Waals surface area contributed by atoms with Gasteiger partial charge < -0.3 is 9.84 Å². The molecule has 1 aromatic heterocycles. The first-order valence-electron chi connectivity index (χ1n) is 5.61. The van der Waals surface area contributed by atoms with E-state index >= 15 is 0 Å². The van der Waals surface area contributed by atoms with Gasteiger partial charge in [0, 0.05) is 22.7 Å². The molecule has 0 radical (unpaired) electrons. The first-order chi connectivity index (χ1) is 8.70. The molecule has 0 amide bonds. The number of methoxy groups -OCH3 is 1. The number of pyridine rings is 1. The van der Waals surface area contributed by atoms with Crippen LogP contribution in [0.25, 0.3) is 0 Å². The second-order valence-corrected chi connectivity index (χ2v) is 4.88. The zero-order valence-corrected chi connectivity index (χ0v) is 11.6. The van der Waals surface area contributed by atoms with Crippen LogP contribution >= 0.6 is 15.9 Å². The molecular weight excluding hydrogens is 294 g/mol. The highest BCUT2D eigenvalue weighted by Crippen LogP contribution is 2.27. The molecule has 0 saturated carbocycles. The van der Waals surface area contributed by atoms with Gasteiger partial charge in [-0.3, -0.25) is 4.98 Å². The lowest BCUT2D eigenvalue weighted by atomic mass is 10.0. The van der Waals surface area contributed by atoms with Gasteiger partial charge in [-0.1, -0.05) is 28.1 Å². The van der Waals surface area contributed by atoms with Crippen molar-refractivity contribution in [3.63, 3.8) is 0 Å². The molecule has 0 fully saturated rings. The summed E-state index contributed by atoms with van der Waals surface area (Å²) >= 11 is 3.42. The van der Waals surface area contributed by atoms with Crippen molar-refractivity contribution >= 4 is 15.9 Å². The van der Waals surface area contributed by atoms with Crippen LogP contribution in [0.3, 0.4) is 0 Å². The molecule has 3 nitrogen and oxygen atoms in total. The Balaban J connectivity index is 2.19. The van der Waals surface area contributed by atoms with Gasteiger partial charge in [-0.25, -0.2) is 0 Å². The first kappa shape index (κ1) is 13.1. The Hall–Kier alpha value is -1.39. The molecule has 1 N–H and O–H groups in total. The molecular formula is C14H14BrNO2. The Kier molecular flexibility index (Phi) is 4.33. The fraction of sp³-hybridized carbons (Fsp3) is 0.214. The molecule has 1 heterocycles. The summed E-state index contributed by atoms with van der Waals surface area (Å²) in [6.45, 7) is 0. The van der Waals surface area contributed by atoms with Crippen molar-refractivity contribution in [3.05, 3.63) is 58.3 Å². The van der Waals surface area contributed by atoms with Crippen molar-refractivity contribution in [1.82, 2.24) is 4.98 Å². The van der Waals surface area contributed by atoms with Crippen molar-refractivity contribution in [2.24, 2.45) is 0 Å². The minimum atomic E-state index is -0.600. The van der Waals surface area contributed by atoms with Gasteiger partial charge in [-0.05, 0) is 23.8 Å². The summed E-state index contributed by atoms with van der Waals surface area (Å²) in [4.78, 5) is 3.98. The molecule has 94 valence electrons. The minimum Gasteiger partial charge on any atom is -0.495 e. The van der Waals surface area contributed by atoms with Crippen molar-refractivity contribution in [2.45, 2.75) is 12.5 Å². The number of aromatic nitrogens is 1. The van der Waals surface area contributed by atoms with Gasteiger partial charge in [0.15, 0.2) is 0 Å². The van der Waals surface area contributed by atoms with Crippen LogP contribution in [0.2, 0.25) is 0 Å². The van der Waals surface area contributed by atoms with Gasteiger partial charge in [0.1, 0.15) is 5.75 Å². The highest BCUT2D eigenvalue weighted by atomic mass is 79.9. The number of benzene rings is 1. The molecule has 18 heavy (non-hydrogen) atoms. The smallest absolute Gasteiger partial charge is 0.142 e. The minimum absolute atomic E-state index is 0.541. The second kappa shape index (κ2) is 5.98. The maximum absolute atomic E-state index is 10.3. The first-order valence-corrected chi connectivity index (χ1v) is 6.40. The number of hydrogen-bond acceptors (Lipinski definition) is 3. The van der Waals surface area contributed by atoms with Crippen molar-refractivity contribution < 1.29 is 9.84 Å². The van der Waals surface area contributed by atoms with Gasteiger partial charge in [-0.2, -0.15) is 0 Å². The van der Waals surface area contributed by atoms with E-state index in [9.17, 15) is 5.11 Å². The average molecular weight is 308 g/mol. The third-order valence-corrected chi connectivity index (χ3v) is 3.21. The SMILES string of the molecule is COc1cnccc1C(O)Cc1cccc(Br)c1. The number of aliphatic hydroxyl groups is 1. The summed E-state index contributed by atoms with van der Waals surface area (Å²) < 4.78 is 6.20. The Morgan fingerprint density at radius 2 is 2.22 bits per heavy atom. The van der Waals surface area contributed by atoms with E-state index in [1.807, 2.05) is 24.3 Å². The highest BCUT2D eigenvalue weighted by molar-refractivity contribution is 9.10. The number of hydrogen-bond donors (Lipinski definition) is 1. The van der Waals surface area contributed by atoms with Crippen LogP contribution < -0.4 is 4.74 Å². The Morgan fingerprint density at radius 3 is 2.94 bits per heavy atom. The summed E-state index contributed by atoms with van der Waals surface area (Å²) in [6.07, 6.45) is 3.21. The largest absolute Gasteiger partial charge is 0.495 e. The molecule has 1 atom stereocenters. The average Bonchev–Trinajstić information content (AvgIpc) is 2.38. The Labute approximate surface area is 115 Å². The van der Waals surface area contributed by atoms with E-state index in [-0.39, 0.29) is 0 Å². The monoisotopic (exact) mass is 307 g/mol. The molecule has 0 aliphatic heterocycles. The number of rotatable bonds is 4. The standard InChI is InChI=1S/C14H14BrNO2/c1-18-14-9-16-6-5-12(14)13(17)8-10-3-2-4-11(15)7-10/h2-7,9,13,17H,8H2,1H3. The van der Waals surface area contributed by atoms with Crippen LogP contribution in [0, 0.1) is 0 Å². The molecule has 1 unspecified atom stereocenters. The molecule has 0 aliphatic carbocycles. The van der Waals surface area contributed by atoms with Crippen LogP contribution in [0.1, 0.15) is 17.2 Å². The Morgan fingerprint density at radius 1 is 1.39 bits per heavy atom. The van der Waals surface area contributed by atoms with Crippen LogP contribution in [0.15, 0.2) is 47.2 Å². The van der Waals surface area contributed by atoms with Crippen molar-refractivity contribution in [1.29, 1.82) is 0 Å². The number of aliphatic hydroxyl groups excluding tert-OH is 1. The van der Waals surface area contributed by atoms with Crippen LogP contribution in [-0.2, 0) is 6.42 Å². The second-order valence-electron chi connectivity index (χ2n) is 3.97. The van der Waals surface area contributed by atoms with Crippen LogP contribution in [0.4, 0.5) is 0 Å². The Bertz CT molecular complexity index is 531. The fourth-order valence-electron chi connectivity index (χ4n) is 1.83. The highest BCUT2D eigenvalue weighted by Gasteiger charge is 2.13. The van der Waals surface area contributed by atoms with E-state index < -0.39 is 6.10 Å². The summed E-state index contributed by atoms with van der Waals surface area (Å²) in [5.41, 5.74) is 1.82. The lowest BCUT2D eigenvalue weighted by molar-refractivity contribution is 0.174. The van der Waals surface area contributed by atoms with E-state index in [0.29, 0.717) is 12.2 Å². The topological polar surface area (TPSA) is 42.4 Å². The third-order valence-electron chi connectivity index (χ3n) is 2.71. The molecule has 4 heteroatoms. The normalized spacial score (nSPS) is 12.2. The zero-order chi connectivity index (χ0) is 13.0. The molecule has 0 bridgehead atoms. The summed E-state index contributed by atoms with van der Waals surface area (Å²) in [7, 11) is 1.58. The quantitative estimate of drug-likeness (QED) is 0.943. The van der Waals surface area contributed by atoms with Gasteiger partial charge in [0.05, 0.1) is 19.4 Å². The number of nitrogens with zero attached hydrogens (tertiary/aromatic N) is 1. The molecule has 2 rings (SSSR count). The number of halogens is 1. The number of ether oxygens (including phenoxy) is 1. The van der Waals surface area contributed by atoms with Crippen molar-refractivity contribution in [2.75, 3.05) is 7.11 Å². The molecule has 2 aromatic rings. The molecule has 1 aromatic carbocycles. The predicted molar refractivity (Wildman–Crippen MR) is 73.6 cm³/mol. The van der Waals surface area contributed by atoms with Crippen LogP contribution in [0.5, 0.6) is 5.75 Å². The van der Waals surface area contributed by atoms with E-state index in [0.717, 1.165) is 15.6 Å². The van der Waals surface area contributed by atoms with E-state index in [4.69, 9.17) is 4.74 Å². The van der Waals surface area contributed by atoms with E-state index in [1.54, 1.807) is 25.6 Å². The van der Waals surface area contributed by atoms with Gasteiger partial charge in [0.25, 0.3) is 0 Å². The fourth-order valence-corrected chi connectivity index (χ4v) is 2.28. The van der Waals surface area contributed by atoms with E-state index in [2.05, 4.69) is 20.9 Å². The van der Waals surface area contributed by atoms with Gasteiger partial charge in [0.2, 0.25) is 0 Å². The lowest BCUT2D eigenvalue weighted by Crippen LogP contribution is -2.04. The van der Waals surface area contributed by atoms with E-state index in [1.165, 1.54) is 0 Å². The summed E-state index contributed by atoms with van der Waals surface area (Å²) in [5, 5.41) is 10.3. The van der Waals surface area contributed by atoms with Gasteiger partial charge in [-0.15, -0.1) is 0 Å². The molecule has 0 saturated heterocycles. The van der Waals surface area contributed by atoms with Gasteiger partial charge >= 0.3 is 0 Å². The lowest BCUT2D eigenvalue weighted by Gasteiger charge is -2.14. The third kappa shape index (κ3) is 3.09. The molecule has 0 aliphatic rings.